The molecule has 1 aromatic carbocycles. The second-order valence-corrected chi connectivity index (χ2v) is 4.90. The first kappa shape index (κ1) is 14.8. The van der Waals surface area contributed by atoms with E-state index in [9.17, 15) is 4.79 Å². The molecule has 0 aliphatic rings. The first-order chi connectivity index (χ1) is 11.1. The lowest BCUT2D eigenvalue weighted by atomic mass is 10.2. The van der Waals surface area contributed by atoms with Crippen LogP contribution in [0.4, 0.5) is 6.01 Å². The van der Waals surface area contributed by atoms with Crippen LogP contribution in [0.3, 0.4) is 0 Å². The third kappa shape index (κ3) is 2.91. The van der Waals surface area contributed by atoms with Crippen molar-refractivity contribution in [3.05, 3.63) is 41.7 Å². The van der Waals surface area contributed by atoms with Crippen molar-refractivity contribution in [3.8, 4) is 17.2 Å². The number of ether oxygens (including phenoxy) is 1. The number of hydrogen-bond donors (Lipinski definition) is 1. The third-order valence-corrected chi connectivity index (χ3v) is 3.21. The maximum absolute atomic E-state index is 12.2. The van der Waals surface area contributed by atoms with Gasteiger partial charge in [-0.15, -0.1) is 5.10 Å². The van der Waals surface area contributed by atoms with Crippen molar-refractivity contribution in [2.45, 2.75) is 6.92 Å². The second-order valence-electron chi connectivity index (χ2n) is 4.90. The van der Waals surface area contributed by atoms with Crippen molar-refractivity contribution in [3.63, 3.8) is 0 Å². The minimum atomic E-state index is -0.404. The SMILES string of the molecule is COc1ccccc1-c1nnc(NC(=O)c2nn(C)cc2C)o1. The largest absolute Gasteiger partial charge is 0.496 e. The minimum absolute atomic E-state index is 0.000888. The molecule has 8 nitrogen and oxygen atoms in total. The summed E-state index contributed by atoms with van der Waals surface area (Å²) < 4.78 is 12.3. The summed E-state index contributed by atoms with van der Waals surface area (Å²) in [6.07, 6.45) is 1.75. The van der Waals surface area contributed by atoms with Crippen LogP contribution in [0.2, 0.25) is 0 Å². The highest BCUT2D eigenvalue weighted by atomic mass is 16.5. The number of amides is 1. The molecule has 0 radical (unpaired) electrons. The van der Waals surface area contributed by atoms with Crippen LogP contribution in [0.1, 0.15) is 16.1 Å². The van der Waals surface area contributed by atoms with Crippen LogP contribution >= 0.6 is 0 Å². The molecule has 2 aromatic heterocycles. The zero-order valence-electron chi connectivity index (χ0n) is 12.9. The summed E-state index contributed by atoms with van der Waals surface area (Å²) in [7, 11) is 3.30. The first-order valence-electron chi connectivity index (χ1n) is 6.87. The minimum Gasteiger partial charge on any atom is -0.496 e. The Bertz CT molecular complexity index is 852. The number of methoxy groups -OCH3 is 1. The van der Waals surface area contributed by atoms with Crippen LogP contribution in [0.25, 0.3) is 11.5 Å². The van der Waals surface area contributed by atoms with Gasteiger partial charge >= 0.3 is 6.01 Å². The lowest BCUT2D eigenvalue weighted by Crippen LogP contribution is -2.14. The highest BCUT2D eigenvalue weighted by molar-refractivity contribution is 6.02. The molecule has 23 heavy (non-hydrogen) atoms. The Hall–Kier alpha value is -3.16. The van der Waals surface area contributed by atoms with Crippen molar-refractivity contribution >= 4 is 11.9 Å². The van der Waals surface area contributed by atoms with E-state index in [0.717, 1.165) is 5.56 Å². The lowest BCUT2D eigenvalue weighted by Gasteiger charge is -2.03. The van der Waals surface area contributed by atoms with Gasteiger partial charge in [-0.25, -0.2) is 0 Å². The lowest BCUT2D eigenvalue weighted by molar-refractivity contribution is 0.101. The number of nitrogens with zero attached hydrogens (tertiary/aromatic N) is 4. The Balaban J connectivity index is 1.82. The molecule has 0 unspecified atom stereocenters. The van der Waals surface area contributed by atoms with Crippen LogP contribution in [0.5, 0.6) is 5.75 Å². The summed E-state index contributed by atoms with van der Waals surface area (Å²) in [5.41, 5.74) is 1.72. The normalized spacial score (nSPS) is 10.6. The molecule has 0 atom stereocenters. The van der Waals surface area contributed by atoms with Crippen LogP contribution in [-0.4, -0.2) is 33.0 Å². The molecule has 1 N–H and O–H groups in total. The smallest absolute Gasteiger partial charge is 0.322 e. The van der Waals surface area contributed by atoms with Crippen molar-refractivity contribution in [1.82, 2.24) is 20.0 Å². The molecule has 0 fully saturated rings. The van der Waals surface area contributed by atoms with Gasteiger partial charge < -0.3 is 9.15 Å². The highest BCUT2D eigenvalue weighted by Crippen LogP contribution is 2.29. The van der Waals surface area contributed by atoms with E-state index < -0.39 is 5.91 Å². The number of rotatable bonds is 4. The summed E-state index contributed by atoms with van der Waals surface area (Å²) >= 11 is 0. The fraction of sp³-hybridized carbons (Fsp3) is 0.200. The Morgan fingerprint density at radius 1 is 1.30 bits per heavy atom. The van der Waals surface area contributed by atoms with E-state index in [2.05, 4.69) is 20.6 Å². The monoisotopic (exact) mass is 313 g/mol. The second kappa shape index (κ2) is 5.91. The van der Waals surface area contributed by atoms with Crippen molar-refractivity contribution < 1.29 is 13.9 Å². The molecule has 3 rings (SSSR count). The molecule has 0 saturated carbocycles. The molecule has 0 spiro atoms. The van der Waals surface area contributed by atoms with Gasteiger partial charge in [0.05, 0.1) is 12.7 Å². The third-order valence-electron chi connectivity index (χ3n) is 3.21. The summed E-state index contributed by atoms with van der Waals surface area (Å²) in [5.74, 6) is 0.461. The fourth-order valence-electron chi connectivity index (χ4n) is 2.19. The molecule has 118 valence electrons. The van der Waals surface area contributed by atoms with E-state index in [1.165, 1.54) is 0 Å². The molecule has 0 saturated heterocycles. The summed E-state index contributed by atoms with van der Waals surface area (Å²) in [5, 5.41) is 14.4. The maximum atomic E-state index is 12.2. The van der Waals surface area contributed by atoms with Crippen LogP contribution < -0.4 is 10.1 Å². The van der Waals surface area contributed by atoms with E-state index in [1.807, 2.05) is 12.1 Å². The maximum Gasteiger partial charge on any atom is 0.322 e. The molecular weight excluding hydrogens is 298 g/mol. The van der Waals surface area contributed by atoms with E-state index in [4.69, 9.17) is 9.15 Å². The standard InChI is InChI=1S/C15H15N5O3/c1-9-8-20(2)19-12(9)13(21)16-15-18-17-14(23-15)10-6-4-5-7-11(10)22-3/h4-8H,1-3H3,(H,16,18,21). The van der Waals surface area contributed by atoms with Gasteiger partial charge in [0.15, 0.2) is 5.69 Å². The zero-order chi connectivity index (χ0) is 16.4. The fourth-order valence-corrected chi connectivity index (χ4v) is 2.19. The predicted octanol–water partition coefficient (Wildman–Crippen LogP) is 2.04. The zero-order valence-corrected chi connectivity index (χ0v) is 12.9. The number of para-hydroxylation sites is 1. The van der Waals surface area contributed by atoms with Crippen molar-refractivity contribution in [2.75, 3.05) is 12.4 Å². The Labute approximate surface area is 132 Å². The van der Waals surface area contributed by atoms with Gasteiger partial charge in [-0.1, -0.05) is 17.2 Å². The van der Waals surface area contributed by atoms with Crippen LogP contribution in [0, 0.1) is 6.92 Å². The molecule has 0 aliphatic heterocycles. The number of benzene rings is 1. The molecular formula is C15H15N5O3. The van der Waals surface area contributed by atoms with E-state index in [-0.39, 0.29) is 11.9 Å². The first-order valence-corrected chi connectivity index (χ1v) is 6.87. The van der Waals surface area contributed by atoms with Crippen molar-refractivity contribution in [1.29, 1.82) is 0 Å². The molecule has 1 amide bonds. The predicted molar refractivity (Wildman–Crippen MR) is 82.2 cm³/mol. The number of anilines is 1. The number of aromatic nitrogens is 4. The summed E-state index contributed by atoms with van der Waals surface area (Å²) in [6.45, 7) is 1.80. The van der Waals surface area contributed by atoms with Gasteiger partial charge in [0.25, 0.3) is 11.8 Å². The molecule has 2 heterocycles. The molecule has 8 heteroatoms. The van der Waals surface area contributed by atoms with Gasteiger partial charge in [0.2, 0.25) is 0 Å². The quantitative estimate of drug-likeness (QED) is 0.792. The molecule has 0 bridgehead atoms. The number of aryl methyl sites for hydroxylation is 2. The van der Waals surface area contributed by atoms with Gasteiger partial charge in [0, 0.05) is 18.8 Å². The Kier molecular flexibility index (Phi) is 3.80. The average Bonchev–Trinajstić information content (AvgIpc) is 3.13. The van der Waals surface area contributed by atoms with Gasteiger partial charge in [-0.05, 0) is 19.1 Å². The van der Waals surface area contributed by atoms with E-state index >= 15 is 0 Å². The van der Waals surface area contributed by atoms with Gasteiger partial charge in [-0.3, -0.25) is 14.8 Å². The number of nitrogens with one attached hydrogen (secondary N) is 1. The molecule has 3 aromatic rings. The van der Waals surface area contributed by atoms with E-state index in [0.29, 0.717) is 17.0 Å². The average molecular weight is 313 g/mol. The Morgan fingerprint density at radius 2 is 2.09 bits per heavy atom. The van der Waals surface area contributed by atoms with Crippen molar-refractivity contribution in [2.24, 2.45) is 7.05 Å². The number of carbonyl (C=O) groups is 1. The topological polar surface area (TPSA) is 95.1 Å². The highest BCUT2D eigenvalue weighted by Gasteiger charge is 2.18. The Morgan fingerprint density at radius 3 is 2.78 bits per heavy atom. The molecule has 0 aliphatic carbocycles. The van der Waals surface area contributed by atoms with Crippen LogP contribution in [-0.2, 0) is 7.05 Å². The number of hydrogen-bond acceptors (Lipinski definition) is 6. The number of carbonyl (C=O) groups excluding carboxylic acids is 1. The van der Waals surface area contributed by atoms with Gasteiger partial charge in [0.1, 0.15) is 5.75 Å². The van der Waals surface area contributed by atoms with E-state index in [1.54, 1.807) is 44.1 Å². The summed E-state index contributed by atoms with van der Waals surface area (Å²) in [6, 6.07) is 7.25. The van der Waals surface area contributed by atoms with Gasteiger partial charge in [-0.2, -0.15) is 5.10 Å². The summed E-state index contributed by atoms with van der Waals surface area (Å²) in [4.78, 5) is 12.2. The van der Waals surface area contributed by atoms with Crippen LogP contribution in [0.15, 0.2) is 34.9 Å².